The number of hydrogen-bond acceptors (Lipinski definition) is 5. The zero-order valence-corrected chi connectivity index (χ0v) is 8.31. The molecule has 0 saturated heterocycles. The van der Waals surface area contributed by atoms with Crippen LogP contribution in [-0.4, -0.2) is 9.97 Å². The number of nitrogen functional groups attached to an aromatic ring is 2. The molecular weight excluding hydrogens is 209 g/mol. The number of benzene rings is 1. The van der Waals surface area contributed by atoms with Crippen molar-refractivity contribution in [3.05, 3.63) is 36.3 Å². The molecule has 0 aliphatic rings. The largest absolute Gasteiger partial charge is 0.368 e. The minimum absolute atomic E-state index is 0.137. The van der Waals surface area contributed by atoms with Crippen molar-refractivity contribution in [3.8, 4) is 11.3 Å². The van der Waals surface area contributed by atoms with Gasteiger partial charge < -0.3 is 11.2 Å². The topological polar surface area (TPSA) is 89.8 Å². The van der Waals surface area contributed by atoms with E-state index in [2.05, 4.69) is 15.4 Å². The number of anilines is 2. The zero-order valence-electron chi connectivity index (χ0n) is 8.31. The van der Waals surface area contributed by atoms with E-state index in [0.29, 0.717) is 16.9 Å². The van der Waals surface area contributed by atoms with E-state index in [4.69, 9.17) is 11.6 Å². The second kappa shape index (κ2) is 4.11. The lowest BCUT2D eigenvalue weighted by molar-refractivity contribution is 0.628. The molecule has 0 amide bonds. The number of halogens is 1. The second-order valence-electron chi connectivity index (χ2n) is 3.14. The Bertz CT molecular complexity index is 497. The highest BCUT2D eigenvalue weighted by Crippen LogP contribution is 2.25. The van der Waals surface area contributed by atoms with Gasteiger partial charge >= 0.3 is 0 Å². The SMILES string of the molecule is NNc1cnc(N)nc1-c1ccc(F)cc1. The van der Waals surface area contributed by atoms with Gasteiger partial charge in [0.25, 0.3) is 0 Å². The molecule has 1 heterocycles. The van der Waals surface area contributed by atoms with Crippen LogP contribution in [0.2, 0.25) is 0 Å². The molecule has 0 atom stereocenters. The number of hydrazine groups is 1. The van der Waals surface area contributed by atoms with Crippen LogP contribution in [0.3, 0.4) is 0 Å². The predicted octanol–water partition coefficient (Wildman–Crippen LogP) is 1.15. The van der Waals surface area contributed by atoms with Crippen molar-refractivity contribution in [2.75, 3.05) is 11.2 Å². The molecule has 0 unspecified atom stereocenters. The normalized spacial score (nSPS) is 10.1. The molecular formula is C10H10FN5. The number of hydrogen-bond donors (Lipinski definition) is 3. The van der Waals surface area contributed by atoms with Gasteiger partial charge in [0.15, 0.2) is 0 Å². The first-order chi connectivity index (χ1) is 7.70. The molecule has 82 valence electrons. The van der Waals surface area contributed by atoms with Crippen molar-refractivity contribution < 1.29 is 4.39 Å². The third kappa shape index (κ3) is 1.91. The van der Waals surface area contributed by atoms with Gasteiger partial charge in [-0.3, -0.25) is 5.84 Å². The summed E-state index contributed by atoms with van der Waals surface area (Å²) in [6.07, 6.45) is 1.47. The standard InChI is InChI=1S/C10H10FN5/c11-7-3-1-6(2-4-7)9-8(16-13)5-14-10(12)15-9/h1-5,16H,13H2,(H2,12,14,15). The van der Waals surface area contributed by atoms with E-state index in [1.54, 1.807) is 12.1 Å². The van der Waals surface area contributed by atoms with Crippen molar-refractivity contribution in [2.24, 2.45) is 5.84 Å². The summed E-state index contributed by atoms with van der Waals surface area (Å²) in [5.74, 6) is 5.15. The lowest BCUT2D eigenvalue weighted by Gasteiger charge is -2.07. The van der Waals surface area contributed by atoms with Crippen LogP contribution in [-0.2, 0) is 0 Å². The second-order valence-corrected chi connectivity index (χ2v) is 3.14. The van der Waals surface area contributed by atoms with Gasteiger partial charge in [-0.2, -0.15) is 0 Å². The molecule has 0 radical (unpaired) electrons. The lowest BCUT2D eigenvalue weighted by atomic mass is 10.1. The van der Waals surface area contributed by atoms with Crippen molar-refractivity contribution >= 4 is 11.6 Å². The maximum absolute atomic E-state index is 12.8. The number of nitrogens with zero attached hydrogens (tertiary/aromatic N) is 2. The van der Waals surface area contributed by atoms with E-state index in [-0.39, 0.29) is 11.8 Å². The Morgan fingerprint density at radius 3 is 2.50 bits per heavy atom. The van der Waals surface area contributed by atoms with Crippen LogP contribution >= 0.6 is 0 Å². The minimum Gasteiger partial charge on any atom is -0.368 e. The fourth-order valence-electron chi connectivity index (χ4n) is 1.33. The number of aromatic nitrogens is 2. The molecule has 0 spiro atoms. The molecule has 0 aliphatic heterocycles. The fraction of sp³-hybridized carbons (Fsp3) is 0. The van der Waals surface area contributed by atoms with Crippen LogP contribution < -0.4 is 17.0 Å². The van der Waals surface area contributed by atoms with Gasteiger partial charge in [0.2, 0.25) is 5.95 Å². The predicted molar refractivity (Wildman–Crippen MR) is 59.6 cm³/mol. The van der Waals surface area contributed by atoms with Gasteiger partial charge in [0.1, 0.15) is 11.5 Å². The summed E-state index contributed by atoms with van der Waals surface area (Å²) in [6, 6.07) is 5.87. The molecule has 1 aromatic carbocycles. The molecule has 2 aromatic rings. The molecule has 6 heteroatoms. The first kappa shape index (κ1) is 10.3. The first-order valence-electron chi connectivity index (χ1n) is 4.56. The van der Waals surface area contributed by atoms with Crippen LogP contribution in [0, 0.1) is 5.82 Å². The first-order valence-corrected chi connectivity index (χ1v) is 4.56. The van der Waals surface area contributed by atoms with Crippen LogP contribution in [0.25, 0.3) is 11.3 Å². The number of nitrogens with one attached hydrogen (secondary N) is 1. The maximum Gasteiger partial charge on any atom is 0.220 e. The van der Waals surface area contributed by atoms with Crippen molar-refractivity contribution in [3.63, 3.8) is 0 Å². The zero-order chi connectivity index (χ0) is 11.5. The van der Waals surface area contributed by atoms with Crippen molar-refractivity contribution in [2.45, 2.75) is 0 Å². The van der Waals surface area contributed by atoms with E-state index in [0.717, 1.165) is 0 Å². The van der Waals surface area contributed by atoms with E-state index < -0.39 is 0 Å². The van der Waals surface area contributed by atoms with Gasteiger partial charge in [-0.1, -0.05) is 0 Å². The molecule has 2 rings (SSSR count). The van der Waals surface area contributed by atoms with Gasteiger partial charge in [0, 0.05) is 5.56 Å². The molecule has 5 nitrogen and oxygen atoms in total. The maximum atomic E-state index is 12.8. The summed E-state index contributed by atoms with van der Waals surface area (Å²) in [7, 11) is 0. The fourth-order valence-corrected chi connectivity index (χ4v) is 1.33. The molecule has 0 saturated carbocycles. The van der Waals surface area contributed by atoms with Crippen LogP contribution in [0.15, 0.2) is 30.5 Å². The van der Waals surface area contributed by atoms with E-state index in [1.807, 2.05) is 0 Å². The molecule has 0 aliphatic carbocycles. The molecule has 0 bridgehead atoms. The van der Waals surface area contributed by atoms with E-state index in [1.165, 1.54) is 18.3 Å². The Hall–Kier alpha value is -2.21. The smallest absolute Gasteiger partial charge is 0.220 e. The molecule has 1 aromatic heterocycles. The number of nitrogens with two attached hydrogens (primary N) is 2. The van der Waals surface area contributed by atoms with Crippen molar-refractivity contribution in [1.29, 1.82) is 0 Å². The Morgan fingerprint density at radius 1 is 1.19 bits per heavy atom. The highest BCUT2D eigenvalue weighted by atomic mass is 19.1. The van der Waals surface area contributed by atoms with Crippen LogP contribution in [0.4, 0.5) is 16.0 Å². The molecule has 5 N–H and O–H groups in total. The highest BCUT2D eigenvalue weighted by molar-refractivity contribution is 5.73. The Kier molecular flexibility index (Phi) is 2.65. The Labute approximate surface area is 91.3 Å². The quantitative estimate of drug-likeness (QED) is 0.520. The average molecular weight is 219 g/mol. The summed E-state index contributed by atoms with van der Waals surface area (Å²) in [5, 5.41) is 0. The summed E-state index contributed by atoms with van der Waals surface area (Å²) in [6.45, 7) is 0. The van der Waals surface area contributed by atoms with Gasteiger partial charge in [-0.25, -0.2) is 14.4 Å². The Morgan fingerprint density at radius 2 is 1.88 bits per heavy atom. The summed E-state index contributed by atoms with van der Waals surface area (Å²) in [5.41, 5.74) is 9.72. The van der Waals surface area contributed by atoms with E-state index in [9.17, 15) is 4.39 Å². The molecule has 16 heavy (non-hydrogen) atoms. The summed E-state index contributed by atoms with van der Waals surface area (Å²) >= 11 is 0. The summed E-state index contributed by atoms with van der Waals surface area (Å²) in [4.78, 5) is 7.85. The third-order valence-corrected chi connectivity index (χ3v) is 2.08. The van der Waals surface area contributed by atoms with Gasteiger partial charge in [-0.05, 0) is 24.3 Å². The van der Waals surface area contributed by atoms with Gasteiger partial charge in [-0.15, -0.1) is 0 Å². The highest BCUT2D eigenvalue weighted by Gasteiger charge is 2.07. The van der Waals surface area contributed by atoms with E-state index >= 15 is 0 Å². The molecule has 0 fully saturated rings. The van der Waals surface area contributed by atoms with Crippen LogP contribution in [0.5, 0.6) is 0 Å². The van der Waals surface area contributed by atoms with Crippen LogP contribution in [0.1, 0.15) is 0 Å². The Balaban J connectivity index is 2.53. The van der Waals surface area contributed by atoms with Gasteiger partial charge in [0.05, 0.1) is 11.9 Å². The lowest BCUT2D eigenvalue weighted by Crippen LogP contribution is -2.10. The minimum atomic E-state index is -0.312. The monoisotopic (exact) mass is 219 g/mol. The number of rotatable bonds is 2. The van der Waals surface area contributed by atoms with Crippen molar-refractivity contribution in [1.82, 2.24) is 9.97 Å². The third-order valence-electron chi connectivity index (χ3n) is 2.08. The average Bonchev–Trinajstić information content (AvgIpc) is 2.30. The summed E-state index contributed by atoms with van der Waals surface area (Å²) < 4.78 is 12.8.